The second kappa shape index (κ2) is 10.3. The summed E-state index contributed by atoms with van der Waals surface area (Å²) in [5.41, 5.74) is 2.74. The van der Waals surface area contributed by atoms with Crippen molar-refractivity contribution in [3.63, 3.8) is 0 Å². The maximum absolute atomic E-state index is 13.0. The van der Waals surface area contributed by atoms with Crippen LogP contribution in [0.2, 0.25) is 0 Å². The van der Waals surface area contributed by atoms with E-state index < -0.39 is 9.84 Å². The van der Waals surface area contributed by atoms with Gasteiger partial charge in [0.1, 0.15) is 0 Å². The number of nitrogens with zero attached hydrogens (tertiary/aromatic N) is 2. The van der Waals surface area contributed by atoms with Gasteiger partial charge in [0, 0.05) is 22.7 Å². The number of benzene rings is 2. The second-order valence-electron chi connectivity index (χ2n) is 8.86. The Bertz CT molecular complexity index is 1310. The fourth-order valence-corrected chi connectivity index (χ4v) is 6.35. The van der Waals surface area contributed by atoms with Gasteiger partial charge in [0.25, 0.3) is 5.91 Å². The van der Waals surface area contributed by atoms with Gasteiger partial charge in [-0.15, -0.1) is 11.3 Å². The molecule has 0 unspecified atom stereocenters. The number of hydrogen-bond donors (Lipinski definition) is 1. The normalized spacial score (nSPS) is 13.5. The van der Waals surface area contributed by atoms with Crippen LogP contribution in [-0.4, -0.2) is 37.5 Å². The van der Waals surface area contributed by atoms with E-state index >= 15 is 0 Å². The molecule has 0 saturated heterocycles. The number of aryl methyl sites for hydroxylation is 2. The molecule has 1 aliphatic rings. The van der Waals surface area contributed by atoms with Crippen LogP contribution >= 0.6 is 11.3 Å². The zero-order valence-corrected chi connectivity index (χ0v) is 21.7. The molecule has 184 valence electrons. The van der Waals surface area contributed by atoms with E-state index in [4.69, 9.17) is 0 Å². The van der Waals surface area contributed by atoms with Crippen LogP contribution < -0.4 is 10.2 Å². The topological polar surface area (TPSA) is 96.4 Å². The molecule has 0 spiro atoms. The van der Waals surface area contributed by atoms with Gasteiger partial charge >= 0.3 is 0 Å². The van der Waals surface area contributed by atoms with Crippen LogP contribution in [0.3, 0.4) is 0 Å². The number of aromatic nitrogens is 1. The summed E-state index contributed by atoms with van der Waals surface area (Å²) in [4.78, 5) is 33.0. The lowest BCUT2D eigenvalue weighted by Crippen LogP contribution is -2.30. The Labute approximate surface area is 210 Å². The Morgan fingerprint density at radius 2 is 1.71 bits per heavy atom. The van der Waals surface area contributed by atoms with Crippen molar-refractivity contribution in [3.05, 3.63) is 70.2 Å². The first kappa shape index (κ1) is 25.1. The lowest BCUT2D eigenvalue weighted by atomic mass is 10.1. The lowest BCUT2D eigenvalue weighted by Gasteiger charge is -2.18. The van der Waals surface area contributed by atoms with Crippen molar-refractivity contribution >= 4 is 43.8 Å². The summed E-state index contributed by atoms with van der Waals surface area (Å²) >= 11 is 1.49. The van der Waals surface area contributed by atoms with Gasteiger partial charge in [0.15, 0.2) is 15.0 Å². The molecule has 7 nitrogen and oxygen atoms in total. The van der Waals surface area contributed by atoms with E-state index in [0.717, 1.165) is 29.0 Å². The van der Waals surface area contributed by atoms with E-state index in [1.54, 1.807) is 53.4 Å². The lowest BCUT2D eigenvalue weighted by molar-refractivity contribution is -0.115. The van der Waals surface area contributed by atoms with Crippen molar-refractivity contribution in [3.8, 4) is 0 Å². The summed E-state index contributed by atoms with van der Waals surface area (Å²) in [6.45, 7) is 6.33. The highest BCUT2D eigenvalue weighted by atomic mass is 32.2. The SMILES string of the molecule is CCN(C(=O)c1ccc(NC(=O)Cc2ccc(S(=O)(=O)CC3CC3)cc2)cc1)c1nc(C)c(C)s1. The monoisotopic (exact) mass is 511 g/mol. The Morgan fingerprint density at radius 3 is 2.26 bits per heavy atom. The average molecular weight is 512 g/mol. The Kier molecular flexibility index (Phi) is 7.37. The Hall–Kier alpha value is -3.04. The van der Waals surface area contributed by atoms with Gasteiger partial charge in [-0.3, -0.25) is 14.5 Å². The molecule has 1 aromatic heterocycles. The molecule has 0 bridgehead atoms. The Morgan fingerprint density at radius 1 is 1.06 bits per heavy atom. The molecule has 1 saturated carbocycles. The number of carbonyl (C=O) groups is 2. The number of thiazole rings is 1. The van der Waals surface area contributed by atoms with Crippen molar-refractivity contribution in [1.29, 1.82) is 0 Å². The molecule has 4 rings (SSSR count). The van der Waals surface area contributed by atoms with Gasteiger partial charge in [-0.25, -0.2) is 13.4 Å². The van der Waals surface area contributed by atoms with Crippen LogP contribution in [0, 0.1) is 19.8 Å². The number of amides is 2. The van der Waals surface area contributed by atoms with E-state index in [9.17, 15) is 18.0 Å². The third-order valence-corrected chi connectivity index (χ3v) is 9.02. The third-order valence-electron chi connectivity index (χ3n) is 6.02. The number of hydrogen-bond acceptors (Lipinski definition) is 6. The van der Waals surface area contributed by atoms with Crippen LogP contribution in [0.5, 0.6) is 0 Å². The maximum atomic E-state index is 13.0. The summed E-state index contributed by atoms with van der Waals surface area (Å²) in [5, 5.41) is 3.51. The first-order valence-electron chi connectivity index (χ1n) is 11.6. The van der Waals surface area contributed by atoms with Gasteiger partial charge in [-0.1, -0.05) is 12.1 Å². The fourth-order valence-electron chi connectivity index (χ4n) is 3.69. The number of sulfone groups is 1. The van der Waals surface area contributed by atoms with Gasteiger partial charge in [-0.2, -0.15) is 0 Å². The van der Waals surface area contributed by atoms with E-state index in [1.807, 2.05) is 20.8 Å². The molecule has 35 heavy (non-hydrogen) atoms. The van der Waals surface area contributed by atoms with Crippen LogP contribution in [0.15, 0.2) is 53.4 Å². The quantitative estimate of drug-likeness (QED) is 0.446. The second-order valence-corrected chi connectivity index (χ2v) is 12.1. The van der Waals surface area contributed by atoms with Crippen molar-refractivity contribution in [2.45, 2.75) is 44.9 Å². The average Bonchev–Trinajstić information content (AvgIpc) is 3.56. The van der Waals surface area contributed by atoms with Crippen molar-refractivity contribution in [2.24, 2.45) is 5.92 Å². The summed E-state index contributed by atoms with van der Waals surface area (Å²) < 4.78 is 24.8. The third kappa shape index (κ3) is 6.15. The zero-order valence-electron chi connectivity index (χ0n) is 20.1. The minimum Gasteiger partial charge on any atom is -0.326 e. The molecule has 3 aromatic rings. The molecule has 1 fully saturated rings. The first-order valence-corrected chi connectivity index (χ1v) is 14.1. The summed E-state index contributed by atoms with van der Waals surface area (Å²) in [7, 11) is -3.26. The highest BCUT2D eigenvalue weighted by molar-refractivity contribution is 7.91. The molecule has 0 atom stereocenters. The molecule has 1 N–H and O–H groups in total. The van der Waals surface area contributed by atoms with E-state index in [1.165, 1.54) is 11.3 Å². The minimum atomic E-state index is -3.26. The van der Waals surface area contributed by atoms with Crippen molar-refractivity contribution < 1.29 is 18.0 Å². The number of nitrogens with one attached hydrogen (secondary N) is 1. The number of rotatable bonds is 9. The fraction of sp³-hybridized carbons (Fsp3) is 0.346. The van der Waals surface area contributed by atoms with Crippen LogP contribution in [-0.2, 0) is 21.1 Å². The minimum absolute atomic E-state index is 0.121. The van der Waals surface area contributed by atoms with Gasteiger partial charge < -0.3 is 5.32 Å². The van der Waals surface area contributed by atoms with E-state index in [2.05, 4.69) is 10.3 Å². The summed E-state index contributed by atoms with van der Waals surface area (Å²) in [6.07, 6.45) is 2.08. The van der Waals surface area contributed by atoms with Gasteiger partial charge in [-0.05, 0) is 81.5 Å². The molecule has 1 aliphatic carbocycles. The van der Waals surface area contributed by atoms with Crippen molar-refractivity contribution in [2.75, 3.05) is 22.5 Å². The summed E-state index contributed by atoms with van der Waals surface area (Å²) in [5.74, 6) is 0.125. The first-order chi connectivity index (χ1) is 16.7. The van der Waals surface area contributed by atoms with E-state index in [0.29, 0.717) is 27.8 Å². The predicted octanol–water partition coefficient (Wildman–Crippen LogP) is 4.79. The zero-order chi connectivity index (χ0) is 25.2. The van der Waals surface area contributed by atoms with Crippen LogP contribution in [0.1, 0.15) is 46.3 Å². The molecule has 2 aromatic carbocycles. The molecule has 1 heterocycles. The molecule has 2 amide bonds. The number of anilines is 2. The predicted molar refractivity (Wildman–Crippen MR) is 139 cm³/mol. The highest BCUT2D eigenvalue weighted by Gasteiger charge is 2.29. The van der Waals surface area contributed by atoms with Crippen molar-refractivity contribution in [1.82, 2.24) is 4.98 Å². The van der Waals surface area contributed by atoms with E-state index in [-0.39, 0.29) is 29.9 Å². The van der Waals surface area contributed by atoms with Crippen LogP contribution in [0.4, 0.5) is 10.8 Å². The largest absolute Gasteiger partial charge is 0.326 e. The van der Waals surface area contributed by atoms with Gasteiger partial charge in [0.2, 0.25) is 5.91 Å². The molecule has 9 heteroatoms. The molecular formula is C26H29N3O4S2. The molecule has 0 radical (unpaired) electrons. The highest BCUT2D eigenvalue weighted by Crippen LogP contribution is 2.32. The van der Waals surface area contributed by atoms with Crippen LogP contribution in [0.25, 0.3) is 0 Å². The molecular weight excluding hydrogens is 482 g/mol. The smallest absolute Gasteiger partial charge is 0.260 e. The number of carbonyl (C=O) groups excluding carboxylic acids is 2. The Balaban J connectivity index is 1.35. The summed E-state index contributed by atoms with van der Waals surface area (Å²) in [6, 6.07) is 13.3. The standard InChI is InChI=1S/C26H29N3O4S2/c1-4-29(26-27-17(2)18(3)34-26)25(31)21-9-11-22(12-10-21)28-24(30)15-19-7-13-23(14-8-19)35(32,33)16-20-5-6-20/h7-14,20H,4-6,15-16H2,1-3H3,(H,28,30). The van der Waals surface area contributed by atoms with Gasteiger partial charge in [0.05, 0.1) is 22.8 Å². The maximum Gasteiger partial charge on any atom is 0.260 e. The molecule has 0 aliphatic heterocycles.